The van der Waals surface area contributed by atoms with Crippen LogP contribution in [-0.4, -0.2) is 29.3 Å². The van der Waals surface area contributed by atoms with Gasteiger partial charge in [0, 0.05) is 18.4 Å². The van der Waals surface area contributed by atoms with Crippen LogP contribution in [-0.2, 0) is 6.42 Å². The third-order valence-corrected chi connectivity index (χ3v) is 4.90. The smallest absolute Gasteiger partial charge is 0.253 e. The minimum absolute atomic E-state index is 0.118. The number of carbonyl (C=O) groups is 1. The molecule has 1 heterocycles. The number of amides is 1. The van der Waals surface area contributed by atoms with Gasteiger partial charge in [0.05, 0.1) is 30.2 Å². The lowest BCUT2D eigenvalue weighted by molar-refractivity contribution is 0.0955. The average molecular weight is 412 g/mol. The number of anilines is 2. The van der Waals surface area contributed by atoms with E-state index in [1.54, 1.807) is 7.11 Å². The standard InChI is InChI=1S/C25H24N4O2/c1-31-22-13-11-20(12-14-22)28-24-10-6-5-9-23(24)25(30)26-16-15-19-17-27-29(18-19)21-7-3-2-4-8-21/h2-14,17-18,28H,15-16H2,1H3,(H,26,30). The fourth-order valence-corrected chi connectivity index (χ4v) is 3.25. The van der Waals surface area contributed by atoms with E-state index >= 15 is 0 Å². The van der Waals surface area contributed by atoms with Gasteiger partial charge in [-0.05, 0) is 60.5 Å². The van der Waals surface area contributed by atoms with E-state index in [9.17, 15) is 4.79 Å². The van der Waals surface area contributed by atoms with Crippen LogP contribution in [0.15, 0.2) is 91.3 Å². The molecule has 0 atom stereocenters. The van der Waals surface area contributed by atoms with E-state index in [1.165, 1.54) is 0 Å². The fraction of sp³-hybridized carbons (Fsp3) is 0.120. The Labute approximate surface area is 181 Å². The third kappa shape index (κ3) is 5.11. The number of hydrogen-bond donors (Lipinski definition) is 2. The first kappa shape index (κ1) is 20.2. The summed E-state index contributed by atoms with van der Waals surface area (Å²) in [5.41, 5.74) is 4.31. The van der Waals surface area contributed by atoms with Gasteiger partial charge in [-0.1, -0.05) is 30.3 Å². The van der Waals surface area contributed by atoms with Crippen molar-refractivity contribution < 1.29 is 9.53 Å². The number of benzene rings is 3. The molecule has 4 rings (SSSR count). The van der Waals surface area contributed by atoms with Crippen LogP contribution in [0, 0.1) is 0 Å². The Hall–Kier alpha value is -4.06. The molecule has 0 unspecified atom stereocenters. The summed E-state index contributed by atoms with van der Waals surface area (Å²) in [4.78, 5) is 12.8. The molecule has 0 saturated carbocycles. The van der Waals surface area contributed by atoms with Crippen LogP contribution in [0.4, 0.5) is 11.4 Å². The van der Waals surface area contributed by atoms with Crippen LogP contribution in [0.1, 0.15) is 15.9 Å². The Kier molecular flexibility index (Phi) is 6.28. The van der Waals surface area contributed by atoms with Gasteiger partial charge in [0.1, 0.15) is 5.75 Å². The van der Waals surface area contributed by atoms with E-state index in [1.807, 2.05) is 95.9 Å². The molecule has 156 valence electrons. The Balaban J connectivity index is 1.36. The molecule has 1 aromatic heterocycles. The minimum Gasteiger partial charge on any atom is -0.497 e. The monoisotopic (exact) mass is 412 g/mol. The molecule has 0 fully saturated rings. The van der Waals surface area contributed by atoms with Crippen LogP contribution in [0.3, 0.4) is 0 Å². The molecular formula is C25H24N4O2. The largest absolute Gasteiger partial charge is 0.497 e. The van der Waals surface area contributed by atoms with Crippen LogP contribution in [0.2, 0.25) is 0 Å². The fourth-order valence-electron chi connectivity index (χ4n) is 3.25. The summed E-state index contributed by atoms with van der Waals surface area (Å²) in [6.07, 6.45) is 4.52. The van der Waals surface area contributed by atoms with Gasteiger partial charge < -0.3 is 15.4 Å². The van der Waals surface area contributed by atoms with Crippen molar-refractivity contribution in [2.75, 3.05) is 19.0 Å². The lowest BCUT2D eigenvalue weighted by atomic mass is 10.1. The average Bonchev–Trinajstić information content (AvgIpc) is 3.29. The summed E-state index contributed by atoms with van der Waals surface area (Å²) in [7, 11) is 1.63. The maximum Gasteiger partial charge on any atom is 0.253 e. The summed E-state index contributed by atoms with van der Waals surface area (Å²) in [5.74, 6) is 0.666. The molecule has 2 N–H and O–H groups in total. The Morgan fingerprint density at radius 3 is 2.48 bits per heavy atom. The van der Waals surface area contributed by atoms with Crippen LogP contribution in [0.25, 0.3) is 5.69 Å². The molecule has 1 amide bonds. The predicted molar refractivity (Wildman–Crippen MR) is 122 cm³/mol. The van der Waals surface area contributed by atoms with Crippen LogP contribution < -0.4 is 15.4 Å². The van der Waals surface area contributed by atoms with Crippen molar-refractivity contribution in [3.8, 4) is 11.4 Å². The van der Waals surface area contributed by atoms with Crippen molar-refractivity contribution in [1.29, 1.82) is 0 Å². The van der Waals surface area contributed by atoms with E-state index in [0.717, 1.165) is 28.4 Å². The first-order valence-electron chi connectivity index (χ1n) is 10.1. The second kappa shape index (κ2) is 9.63. The summed E-state index contributed by atoms with van der Waals surface area (Å²) in [6.45, 7) is 0.524. The zero-order valence-electron chi connectivity index (χ0n) is 17.3. The van der Waals surface area contributed by atoms with Crippen molar-refractivity contribution in [2.24, 2.45) is 0 Å². The molecule has 6 nitrogen and oxygen atoms in total. The highest BCUT2D eigenvalue weighted by atomic mass is 16.5. The summed E-state index contributed by atoms with van der Waals surface area (Å²) in [6, 6.07) is 25.0. The van der Waals surface area contributed by atoms with Crippen molar-refractivity contribution in [1.82, 2.24) is 15.1 Å². The highest BCUT2D eigenvalue weighted by Gasteiger charge is 2.11. The molecule has 4 aromatic rings. The van der Waals surface area contributed by atoms with Crippen molar-refractivity contribution in [3.63, 3.8) is 0 Å². The topological polar surface area (TPSA) is 68.2 Å². The SMILES string of the molecule is COc1ccc(Nc2ccccc2C(=O)NCCc2cnn(-c3ccccc3)c2)cc1. The minimum atomic E-state index is -0.118. The van der Waals surface area contributed by atoms with E-state index < -0.39 is 0 Å². The van der Waals surface area contributed by atoms with E-state index in [0.29, 0.717) is 18.5 Å². The van der Waals surface area contributed by atoms with Gasteiger partial charge >= 0.3 is 0 Å². The number of nitrogens with one attached hydrogen (secondary N) is 2. The predicted octanol–water partition coefficient (Wildman–Crippen LogP) is 4.60. The van der Waals surface area contributed by atoms with Crippen LogP contribution in [0.5, 0.6) is 5.75 Å². The molecule has 0 aliphatic rings. The number of carbonyl (C=O) groups excluding carboxylic acids is 1. The molecule has 0 spiro atoms. The van der Waals surface area contributed by atoms with Gasteiger partial charge in [0.2, 0.25) is 0 Å². The zero-order chi connectivity index (χ0) is 21.5. The van der Waals surface area contributed by atoms with Gasteiger partial charge in [0.25, 0.3) is 5.91 Å². The van der Waals surface area contributed by atoms with Gasteiger partial charge in [-0.2, -0.15) is 5.10 Å². The maximum absolute atomic E-state index is 12.8. The lowest BCUT2D eigenvalue weighted by Gasteiger charge is -2.12. The summed E-state index contributed by atoms with van der Waals surface area (Å²) >= 11 is 0. The number of nitrogens with zero attached hydrogens (tertiary/aromatic N) is 2. The Bertz CT molecular complexity index is 1140. The summed E-state index contributed by atoms with van der Waals surface area (Å²) < 4.78 is 7.03. The second-order valence-electron chi connectivity index (χ2n) is 7.03. The molecule has 0 aliphatic carbocycles. The molecule has 31 heavy (non-hydrogen) atoms. The Morgan fingerprint density at radius 2 is 1.71 bits per heavy atom. The third-order valence-electron chi connectivity index (χ3n) is 4.90. The number of para-hydroxylation sites is 2. The zero-order valence-corrected chi connectivity index (χ0v) is 17.3. The molecule has 0 saturated heterocycles. The molecule has 6 heteroatoms. The number of aromatic nitrogens is 2. The van der Waals surface area contributed by atoms with E-state index in [4.69, 9.17) is 4.74 Å². The molecule has 0 bridgehead atoms. The maximum atomic E-state index is 12.8. The molecule has 0 radical (unpaired) electrons. The highest BCUT2D eigenvalue weighted by molar-refractivity contribution is 6.00. The van der Waals surface area contributed by atoms with Gasteiger partial charge in [-0.15, -0.1) is 0 Å². The van der Waals surface area contributed by atoms with Crippen molar-refractivity contribution in [2.45, 2.75) is 6.42 Å². The van der Waals surface area contributed by atoms with Gasteiger partial charge in [-0.3, -0.25) is 4.79 Å². The van der Waals surface area contributed by atoms with E-state index in [2.05, 4.69) is 15.7 Å². The highest BCUT2D eigenvalue weighted by Crippen LogP contribution is 2.23. The first-order chi connectivity index (χ1) is 15.2. The van der Waals surface area contributed by atoms with E-state index in [-0.39, 0.29) is 5.91 Å². The molecular weight excluding hydrogens is 388 g/mol. The second-order valence-corrected chi connectivity index (χ2v) is 7.03. The normalized spacial score (nSPS) is 10.5. The molecule has 3 aromatic carbocycles. The first-order valence-corrected chi connectivity index (χ1v) is 10.1. The number of rotatable bonds is 8. The number of methoxy groups -OCH3 is 1. The van der Waals surface area contributed by atoms with Crippen molar-refractivity contribution in [3.05, 3.63) is 102 Å². The molecule has 0 aliphatic heterocycles. The number of hydrogen-bond acceptors (Lipinski definition) is 4. The van der Waals surface area contributed by atoms with Gasteiger partial charge in [-0.25, -0.2) is 4.68 Å². The number of ether oxygens (including phenoxy) is 1. The Morgan fingerprint density at radius 1 is 0.968 bits per heavy atom. The van der Waals surface area contributed by atoms with Crippen LogP contribution >= 0.6 is 0 Å². The van der Waals surface area contributed by atoms with Gasteiger partial charge in [0.15, 0.2) is 0 Å². The lowest BCUT2D eigenvalue weighted by Crippen LogP contribution is -2.26. The summed E-state index contributed by atoms with van der Waals surface area (Å²) in [5, 5.41) is 10.7. The quantitative estimate of drug-likeness (QED) is 0.444. The van der Waals surface area contributed by atoms with Crippen molar-refractivity contribution >= 4 is 17.3 Å².